The lowest BCUT2D eigenvalue weighted by atomic mass is 9.84. The molecule has 2 heteroatoms. The van der Waals surface area contributed by atoms with E-state index in [4.69, 9.17) is 4.74 Å². The Balaban J connectivity index is 2.43. The Labute approximate surface area is 185 Å². The molecule has 0 unspecified atom stereocenters. The van der Waals surface area contributed by atoms with Crippen LogP contribution in [0.1, 0.15) is 97.5 Å². The molecule has 30 heavy (non-hydrogen) atoms. The summed E-state index contributed by atoms with van der Waals surface area (Å²) in [5.41, 5.74) is 2.41. The van der Waals surface area contributed by atoms with Gasteiger partial charge in [0.2, 0.25) is 0 Å². The zero-order chi connectivity index (χ0) is 22.2. The fraction of sp³-hybridized carbons (Fsp3) is 0.536. The highest BCUT2D eigenvalue weighted by Crippen LogP contribution is 2.28. The maximum Gasteiger partial charge on any atom is 0.311 e. The number of unbranched alkanes of at least 4 members (excludes halogenated alkanes) is 6. The summed E-state index contributed by atoms with van der Waals surface area (Å²) in [6.07, 6.45) is 19.6. The van der Waals surface area contributed by atoms with Crippen LogP contribution in [0, 0.1) is 5.41 Å². The molecule has 0 N–H and O–H groups in total. The van der Waals surface area contributed by atoms with Crippen LogP contribution in [0.15, 0.2) is 54.6 Å². The number of ether oxygens (including phenoxy) is 1. The molecule has 1 atom stereocenters. The highest BCUT2D eigenvalue weighted by atomic mass is 16.5. The molecule has 0 radical (unpaired) electrons. The summed E-state index contributed by atoms with van der Waals surface area (Å²) >= 11 is 0. The average Bonchev–Trinajstić information content (AvgIpc) is 2.72. The van der Waals surface area contributed by atoms with E-state index in [2.05, 4.69) is 52.5 Å². The molecule has 0 bridgehead atoms. The van der Waals surface area contributed by atoms with Crippen LogP contribution in [-0.4, -0.2) is 5.97 Å². The molecule has 1 rings (SSSR count). The van der Waals surface area contributed by atoms with Crippen molar-refractivity contribution in [3.8, 4) is 5.75 Å². The number of rotatable bonds is 15. The molecular formula is C28H42O2. The molecule has 0 aliphatic heterocycles. The summed E-state index contributed by atoms with van der Waals surface area (Å²) in [4.78, 5) is 12.0. The zero-order valence-corrected chi connectivity index (χ0v) is 19.7. The zero-order valence-electron chi connectivity index (χ0n) is 19.7. The minimum atomic E-state index is -0.134. The Morgan fingerprint density at radius 2 is 1.67 bits per heavy atom. The van der Waals surface area contributed by atoms with Crippen LogP contribution in [0.4, 0.5) is 0 Å². The van der Waals surface area contributed by atoms with Crippen molar-refractivity contribution in [2.24, 2.45) is 5.41 Å². The second kappa shape index (κ2) is 14.8. The van der Waals surface area contributed by atoms with Gasteiger partial charge in [0.25, 0.3) is 0 Å². The van der Waals surface area contributed by atoms with Crippen LogP contribution in [-0.2, 0) is 4.79 Å². The summed E-state index contributed by atoms with van der Waals surface area (Å²) in [5.74, 6) is 0.487. The van der Waals surface area contributed by atoms with Gasteiger partial charge in [-0.05, 0) is 50.8 Å². The molecule has 166 valence electrons. The van der Waals surface area contributed by atoms with Gasteiger partial charge in [0.1, 0.15) is 5.75 Å². The Kier molecular flexibility index (Phi) is 12.8. The van der Waals surface area contributed by atoms with Crippen molar-refractivity contribution in [2.75, 3.05) is 0 Å². The van der Waals surface area contributed by atoms with E-state index in [-0.39, 0.29) is 11.4 Å². The van der Waals surface area contributed by atoms with E-state index in [1.165, 1.54) is 37.7 Å². The number of hydrogen-bond donors (Lipinski definition) is 0. The van der Waals surface area contributed by atoms with E-state index in [1.807, 2.05) is 30.3 Å². The van der Waals surface area contributed by atoms with Crippen LogP contribution in [0.2, 0.25) is 0 Å². The lowest BCUT2D eigenvalue weighted by Crippen LogP contribution is -2.08. The Morgan fingerprint density at radius 1 is 1.03 bits per heavy atom. The smallest absolute Gasteiger partial charge is 0.311 e. The lowest BCUT2D eigenvalue weighted by molar-refractivity contribution is -0.134. The van der Waals surface area contributed by atoms with Gasteiger partial charge in [0.05, 0.1) is 0 Å². The summed E-state index contributed by atoms with van der Waals surface area (Å²) < 4.78 is 5.47. The second-order valence-electron chi connectivity index (χ2n) is 8.78. The second-order valence-corrected chi connectivity index (χ2v) is 8.78. The van der Waals surface area contributed by atoms with Crippen LogP contribution < -0.4 is 4.74 Å². The third-order valence-corrected chi connectivity index (χ3v) is 5.45. The molecule has 0 fully saturated rings. The normalized spacial score (nSPS) is 13.1. The van der Waals surface area contributed by atoms with Gasteiger partial charge >= 0.3 is 5.97 Å². The van der Waals surface area contributed by atoms with Crippen molar-refractivity contribution in [3.05, 3.63) is 60.2 Å². The van der Waals surface area contributed by atoms with E-state index in [9.17, 15) is 4.79 Å². The van der Waals surface area contributed by atoms with E-state index >= 15 is 0 Å². The molecule has 0 aliphatic rings. The predicted molar refractivity (Wildman–Crippen MR) is 131 cm³/mol. The summed E-state index contributed by atoms with van der Waals surface area (Å²) in [5, 5.41) is 0. The van der Waals surface area contributed by atoms with Crippen molar-refractivity contribution >= 4 is 12.0 Å². The van der Waals surface area contributed by atoms with Crippen LogP contribution in [0.3, 0.4) is 0 Å². The van der Waals surface area contributed by atoms with E-state index < -0.39 is 0 Å². The molecule has 1 aromatic rings. The van der Waals surface area contributed by atoms with E-state index in [0.29, 0.717) is 12.2 Å². The van der Waals surface area contributed by atoms with Crippen molar-refractivity contribution in [1.29, 1.82) is 0 Å². The monoisotopic (exact) mass is 410 g/mol. The Morgan fingerprint density at radius 3 is 2.27 bits per heavy atom. The van der Waals surface area contributed by atoms with Crippen LogP contribution in [0.5, 0.6) is 5.75 Å². The molecule has 2 nitrogen and oxygen atoms in total. The highest BCUT2D eigenvalue weighted by molar-refractivity contribution is 5.72. The topological polar surface area (TPSA) is 26.3 Å². The van der Waals surface area contributed by atoms with Gasteiger partial charge in [-0.15, -0.1) is 6.58 Å². The Bertz CT molecular complexity index is 677. The number of carbonyl (C=O) groups is 1. The molecular weight excluding hydrogens is 368 g/mol. The van der Waals surface area contributed by atoms with Gasteiger partial charge in [-0.1, -0.05) is 94.4 Å². The first-order valence-electron chi connectivity index (χ1n) is 11.7. The van der Waals surface area contributed by atoms with Crippen molar-refractivity contribution in [1.82, 2.24) is 0 Å². The maximum atomic E-state index is 12.0. The van der Waals surface area contributed by atoms with Crippen LogP contribution >= 0.6 is 0 Å². The summed E-state index contributed by atoms with van der Waals surface area (Å²) in [6, 6.07) is 7.73. The molecule has 1 aromatic carbocycles. The molecule has 0 aliphatic carbocycles. The van der Waals surface area contributed by atoms with Gasteiger partial charge in [-0.25, -0.2) is 0 Å². The number of carbonyl (C=O) groups excluding carboxylic acids is 1. The van der Waals surface area contributed by atoms with E-state index in [1.54, 1.807) is 0 Å². The number of allylic oxidation sites excluding steroid dienone is 4. The number of esters is 1. The predicted octanol–water partition coefficient (Wildman–Crippen LogP) is 8.68. The highest BCUT2D eigenvalue weighted by Gasteiger charge is 2.15. The first-order chi connectivity index (χ1) is 14.4. The minimum absolute atomic E-state index is 0.0341. The first-order valence-corrected chi connectivity index (χ1v) is 11.7. The summed E-state index contributed by atoms with van der Waals surface area (Å²) in [7, 11) is 0. The third-order valence-electron chi connectivity index (χ3n) is 5.45. The van der Waals surface area contributed by atoms with Crippen molar-refractivity contribution in [3.63, 3.8) is 0 Å². The molecule has 0 aromatic heterocycles. The van der Waals surface area contributed by atoms with Crippen molar-refractivity contribution < 1.29 is 9.53 Å². The molecule has 0 saturated carbocycles. The molecule has 0 amide bonds. The molecule has 0 heterocycles. The fourth-order valence-corrected chi connectivity index (χ4v) is 3.27. The largest absolute Gasteiger partial charge is 0.427 e. The Hall–Kier alpha value is -2.09. The standard InChI is InChI=1S/C28H42O2/c1-6-8-9-10-11-12-13-16-27(29)30-26-19-17-25(18-20-26)21-23-28(5,7-2)22-14-15-24(3)4/h7,15,17-21,23H,2,6,8-14,16,22H2,1,3-5H3/b23-21+/t28-/m1/s1. The van der Waals surface area contributed by atoms with Gasteiger partial charge < -0.3 is 4.74 Å². The number of hydrogen-bond acceptors (Lipinski definition) is 2. The summed E-state index contributed by atoms with van der Waals surface area (Å²) in [6.45, 7) is 12.7. The van der Waals surface area contributed by atoms with Gasteiger partial charge in [0, 0.05) is 11.8 Å². The average molecular weight is 411 g/mol. The minimum Gasteiger partial charge on any atom is -0.427 e. The maximum absolute atomic E-state index is 12.0. The van der Waals surface area contributed by atoms with Gasteiger partial charge in [0.15, 0.2) is 0 Å². The van der Waals surface area contributed by atoms with E-state index in [0.717, 1.165) is 31.2 Å². The fourth-order valence-electron chi connectivity index (χ4n) is 3.27. The third kappa shape index (κ3) is 11.8. The molecule has 0 saturated heterocycles. The quantitative estimate of drug-likeness (QED) is 0.125. The van der Waals surface area contributed by atoms with Gasteiger partial charge in [-0.3, -0.25) is 4.79 Å². The van der Waals surface area contributed by atoms with Gasteiger partial charge in [-0.2, -0.15) is 0 Å². The number of benzene rings is 1. The van der Waals surface area contributed by atoms with Crippen molar-refractivity contribution in [2.45, 2.75) is 91.9 Å². The lowest BCUT2D eigenvalue weighted by Gasteiger charge is -2.20. The molecule has 0 spiro atoms. The SMILES string of the molecule is C=C[C@@](C)(/C=C/c1ccc(OC(=O)CCCCCCCCC)cc1)CCC=C(C)C. The van der Waals surface area contributed by atoms with Crippen LogP contribution in [0.25, 0.3) is 6.08 Å². The first kappa shape index (κ1) is 25.9.